The highest BCUT2D eigenvalue weighted by atomic mass is 79.9. The molecule has 1 aliphatic rings. The van der Waals surface area contributed by atoms with Gasteiger partial charge in [-0.05, 0) is 50.1 Å². The number of hydrogen-bond donors (Lipinski definition) is 0. The van der Waals surface area contributed by atoms with E-state index >= 15 is 0 Å². The Morgan fingerprint density at radius 2 is 2.15 bits per heavy atom. The van der Waals surface area contributed by atoms with Crippen molar-refractivity contribution in [2.24, 2.45) is 5.41 Å². The number of hydrogen-bond acceptors (Lipinski definition) is 2. The summed E-state index contributed by atoms with van der Waals surface area (Å²) in [5, 5.41) is 4.25. The van der Waals surface area contributed by atoms with E-state index in [4.69, 9.17) is 0 Å². The van der Waals surface area contributed by atoms with Crippen molar-refractivity contribution in [1.82, 2.24) is 14.8 Å². The van der Waals surface area contributed by atoms with Gasteiger partial charge in [-0.2, -0.15) is 4.98 Å². The fraction of sp³-hybridized carbons (Fsp3) is 0.750. The Hall–Kier alpha value is 0.1000. The minimum Gasteiger partial charge on any atom is -0.239 e. The molecule has 0 atom stereocenters. The Morgan fingerprint density at radius 1 is 1.46 bits per heavy atom. The van der Waals surface area contributed by atoms with Gasteiger partial charge < -0.3 is 0 Å². The molecule has 2 rings (SSSR count). The topological polar surface area (TPSA) is 30.7 Å². The van der Waals surface area contributed by atoms with Gasteiger partial charge in [-0.25, -0.2) is 4.68 Å². The van der Waals surface area contributed by atoms with Gasteiger partial charge >= 0.3 is 0 Å². The monoisotopic (exact) mass is 307 g/mol. The van der Waals surface area contributed by atoms with Crippen LogP contribution in [-0.4, -0.2) is 14.8 Å². The van der Waals surface area contributed by atoms with E-state index in [1.165, 1.54) is 19.3 Å². The molecule has 0 bridgehead atoms. The standard InChI is InChI=1S/C8H11Br2N3/c1-8(3-2-4-8)5-13-7(10)11-6(9)12-13/h2-5H2,1H3. The zero-order chi connectivity index (χ0) is 9.47. The zero-order valence-electron chi connectivity index (χ0n) is 7.43. The van der Waals surface area contributed by atoms with Gasteiger partial charge in [-0.15, -0.1) is 5.10 Å². The molecule has 0 amide bonds. The molecular formula is C8H11Br2N3. The summed E-state index contributed by atoms with van der Waals surface area (Å²) in [6, 6.07) is 0. The van der Waals surface area contributed by atoms with Crippen molar-refractivity contribution in [2.75, 3.05) is 0 Å². The maximum absolute atomic E-state index is 4.25. The molecule has 72 valence electrons. The second-order valence-electron chi connectivity index (χ2n) is 3.97. The summed E-state index contributed by atoms with van der Waals surface area (Å²) in [5.74, 6) is 0. The Balaban J connectivity index is 2.12. The van der Waals surface area contributed by atoms with Crippen LogP contribution in [0.4, 0.5) is 0 Å². The Labute approximate surface area is 94.2 Å². The molecule has 1 aromatic heterocycles. The van der Waals surface area contributed by atoms with Gasteiger partial charge in [0, 0.05) is 6.54 Å². The summed E-state index contributed by atoms with van der Waals surface area (Å²) in [6.07, 6.45) is 3.96. The van der Waals surface area contributed by atoms with Crippen molar-refractivity contribution in [3.8, 4) is 0 Å². The average Bonchev–Trinajstić information content (AvgIpc) is 2.27. The summed E-state index contributed by atoms with van der Waals surface area (Å²) >= 11 is 6.64. The van der Waals surface area contributed by atoms with Crippen molar-refractivity contribution in [3.63, 3.8) is 0 Å². The van der Waals surface area contributed by atoms with E-state index in [1.807, 2.05) is 4.68 Å². The van der Waals surface area contributed by atoms with Gasteiger partial charge in [0.05, 0.1) is 0 Å². The average molecular weight is 309 g/mol. The maximum Gasteiger partial charge on any atom is 0.218 e. The molecule has 0 N–H and O–H groups in total. The molecule has 0 saturated heterocycles. The lowest BCUT2D eigenvalue weighted by Gasteiger charge is -2.38. The number of nitrogens with zero attached hydrogens (tertiary/aromatic N) is 3. The molecule has 0 spiro atoms. The Morgan fingerprint density at radius 3 is 2.54 bits per heavy atom. The van der Waals surface area contributed by atoms with Crippen LogP contribution >= 0.6 is 31.9 Å². The first kappa shape index (κ1) is 9.65. The molecule has 1 heterocycles. The predicted octanol–water partition coefficient (Wildman–Crippen LogP) is 2.99. The lowest BCUT2D eigenvalue weighted by molar-refractivity contribution is 0.124. The van der Waals surface area contributed by atoms with Crippen LogP contribution in [-0.2, 0) is 6.54 Å². The number of aromatic nitrogens is 3. The molecule has 1 saturated carbocycles. The molecule has 1 aliphatic carbocycles. The molecule has 0 aromatic carbocycles. The van der Waals surface area contributed by atoms with Gasteiger partial charge in [0.2, 0.25) is 4.73 Å². The van der Waals surface area contributed by atoms with Crippen LogP contribution in [0.1, 0.15) is 26.2 Å². The van der Waals surface area contributed by atoms with Crippen molar-refractivity contribution >= 4 is 31.9 Å². The summed E-state index contributed by atoms with van der Waals surface area (Å²) in [4.78, 5) is 4.14. The summed E-state index contributed by atoms with van der Waals surface area (Å²) < 4.78 is 3.39. The van der Waals surface area contributed by atoms with Crippen LogP contribution in [0.5, 0.6) is 0 Å². The van der Waals surface area contributed by atoms with Crippen molar-refractivity contribution in [1.29, 1.82) is 0 Å². The second-order valence-corrected chi connectivity index (χ2v) is 5.39. The Kier molecular flexibility index (Phi) is 2.49. The molecule has 0 aliphatic heterocycles. The summed E-state index contributed by atoms with van der Waals surface area (Å²) in [7, 11) is 0. The van der Waals surface area contributed by atoms with Gasteiger partial charge in [-0.1, -0.05) is 13.3 Å². The first-order valence-electron chi connectivity index (χ1n) is 4.35. The minimum atomic E-state index is 0.440. The third kappa shape index (κ3) is 1.96. The molecule has 5 heteroatoms. The van der Waals surface area contributed by atoms with E-state index in [0.717, 1.165) is 11.3 Å². The van der Waals surface area contributed by atoms with Crippen LogP contribution in [0.3, 0.4) is 0 Å². The molecule has 0 unspecified atom stereocenters. The lowest BCUT2D eigenvalue weighted by Crippen LogP contribution is -2.31. The predicted molar refractivity (Wildman–Crippen MR) is 57.4 cm³/mol. The van der Waals surface area contributed by atoms with Crippen LogP contribution in [0, 0.1) is 5.41 Å². The fourth-order valence-corrected chi connectivity index (χ4v) is 2.67. The van der Waals surface area contributed by atoms with Crippen LogP contribution in [0.15, 0.2) is 9.47 Å². The molecule has 0 radical (unpaired) electrons. The van der Waals surface area contributed by atoms with Gasteiger partial charge in [-0.3, -0.25) is 0 Å². The van der Waals surface area contributed by atoms with Crippen molar-refractivity contribution in [3.05, 3.63) is 9.47 Å². The van der Waals surface area contributed by atoms with E-state index in [0.29, 0.717) is 10.1 Å². The van der Waals surface area contributed by atoms with Crippen molar-refractivity contribution in [2.45, 2.75) is 32.7 Å². The fourth-order valence-electron chi connectivity index (χ4n) is 1.70. The highest BCUT2D eigenvalue weighted by molar-refractivity contribution is 9.11. The third-order valence-electron chi connectivity index (χ3n) is 2.69. The van der Waals surface area contributed by atoms with Crippen LogP contribution < -0.4 is 0 Å². The SMILES string of the molecule is CC1(Cn2nc(Br)nc2Br)CCC1. The maximum atomic E-state index is 4.25. The van der Waals surface area contributed by atoms with Crippen LogP contribution in [0.2, 0.25) is 0 Å². The van der Waals surface area contributed by atoms with E-state index in [2.05, 4.69) is 48.9 Å². The molecule has 3 nitrogen and oxygen atoms in total. The third-order valence-corrected chi connectivity index (χ3v) is 3.62. The highest BCUT2D eigenvalue weighted by Crippen LogP contribution is 2.41. The van der Waals surface area contributed by atoms with E-state index in [9.17, 15) is 0 Å². The van der Waals surface area contributed by atoms with Crippen molar-refractivity contribution < 1.29 is 0 Å². The minimum absolute atomic E-state index is 0.440. The van der Waals surface area contributed by atoms with Gasteiger partial charge in [0.1, 0.15) is 0 Å². The van der Waals surface area contributed by atoms with E-state index in [-0.39, 0.29) is 0 Å². The smallest absolute Gasteiger partial charge is 0.218 e. The van der Waals surface area contributed by atoms with E-state index in [1.54, 1.807) is 0 Å². The number of rotatable bonds is 2. The second kappa shape index (κ2) is 3.35. The molecule has 1 fully saturated rings. The van der Waals surface area contributed by atoms with E-state index < -0.39 is 0 Å². The Bertz CT molecular complexity index is 317. The summed E-state index contributed by atoms with van der Waals surface area (Å²) in [6.45, 7) is 3.27. The molecular weight excluding hydrogens is 298 g/mol. The van der Waals surface area contributed by atoms with Crippen LogP contribution in [0.25, 0.3) is 0 Å². The summed E-state index contributed by atoms with van der Waals surface area (Å²) in [5.41, 5.74) is 0.440. The van der Waals surface area contributed by atoms with Gasteiger partial charge in [0.25, 0.3) is 0 Å². The highest BCUT2D eigenvalue weighted by Gasteiger charge is 2.33. The molecule has 13 heavy (non-hydrogen) atoms. The first-order chi connectivity index (χ1) is 6.09. The molecule has 1 aromatic rings. The zero-order valence-corrected chi connectivity index (χ0v) is 10.6. The van der Waals surface area contributed by atoms with Gasteiger partial charge in [0.15, 0.2) is 4.73 Å². The lowest BCUT2D eigenvalue weighted by atomic mass is 9.70. The largest absolute Gasteiger partial charge is 0.239 e. The number of halogens is 2. The normalized spacial score (nSPS) is 19.9. The first-order valence-corrected chi connectivity index (χ1v) is 5.94. The quantitative estimate of drug-likeness (QED) is 0.841.